The molecule has 2 nitrogen and oxygen atoms in total. The summed E-state index contributed by atoms with van der Waals surface area (Å²) in [5.74, 6) is 0.377. The van der Waals surface area contributed by atoms with Gasteiger partial charge in [-0.2, -0.15) is 5.26 Å². The molecule has 1 fully saturated rings. The zero-order valence-electron chi connectivity index (χ0n) is 12.3. The largest absolute Gasteiger partial charge is 0.287 e. The lowest BCUT2D eigenvalue weighted by atomic mass is 9.96. The van der Waals surface area contributed by atoms with Crippen LogP contribution in [-0.4, -0.2) is 10.4 Å². The lowest BCUT2D eigenvalue weighted by molar-refractivity contribution is -0.111. The predicted octanol–water partition coefficient (Wildman–Crippen LogP) is 4.50. The van der Waals surface area contributed by atoms with Crippen molar-refractivity contribution < 1.29 is 4.79 Å². The van der Waals surface area contributed by atoms with Crippen molar-refractivity contribution in [3.8, 4) is 6.07 Å². The molecule has 1 aliphatic heterocycles. The molecule has 1 saturated heterocycles. The monoisotopic (exact) mass is 299 g/mol. The van der Waals surface area contributed by atoms with E-state index in [1.165, 1.54) is 17.3 Å². The fourth-order valence-electron chi connectivity index (χ4n) is 2.72. The Morgan fingerprint density at radius 3 is 2.76 bits per heavy atom. The Kier molecular flexibility index (Phi) is 6.07. The minimum Gasteiger partial charge on any atom is -0.287 e. The molecule has 2 rings (SSSR count). The van der Waals surface area contributed by atoms with E-state index in [0.717, 1.165) is 32.1 Å². The molecule has 0 aliphatic carbocycles. The van der Waals surface area contributed by atoms with E-state index >= 15 is 0 Å². The Bertz CT molecular complexity index is 529. The molecule has 0 aromatic heterocycles. The minimum atomic E-state index is 0.322. The molecule has 0 spiro atoms. The van der Waals surface area contributed by atoms with Crippen molar-refractivity contribution in [2.24, 2.45) is 5.92 Å². The first-order valence-electron chi connectivity index (χ1n) is 7.52. The van der Waals surface area contributed by atoms with Gasteiger partial charge in [0.25, 0.3) is 0 Å². The van der Waals surface area contributed by atoms with Crippen molar-refractivity contribution in [2.45, 2.75) is 43.8 Å². The van der Waals surface area contributed by atoms with Gasteiger partial charge in [0.05, 0.1) is 11.6 Å². The van der Waals surface area contributed by atoms with Gasteiger partial charge in [-0.25, -0.2) is 0 Å². The Balaban J connectivity index is 1.70. The van der Waals surface area contributed by atoms with E-state index in [2.05, 4.69) is 12.6 Å². The van der Waals surface area contributed by atoms with Crippen LogP contribution in [0, 0.1) is 17.2 Å². The number of nitrogens with zero attached hydrogens (tertiary/aromatic N) is 1. The second-order valence-electron chi connectivity index (χ2n) is 5.60. The van der Waals surface area contributed by atoms with Gasteiger partial charge in [0.1, 0.15) is 0 Å². The lowest BCUT2D eigenvalue weighted by Gasteiger charge is -2.25. The van der Waals surface area contributed by atoms with Crippen molar-refractivity contribution in [2.75, 3.05) is 0 Å². The molecule has 2 atom stereocenters. The molecule has 0 N–H and O–H groups in total. The molecule has 1 aromatic carbocycles. The maximum atomic E-state index is 11.6. The van der Waals surface area contributed by atoms with Crippen LogP contribution < -0.4 is 0 Å². The summed E-state index contributed by atoms with van der Waals surface area (Å²) >= 11 is 1.53. The van der Waals surface area contributed by atoms with Gasteiger partial charge in [-0.1, -0.05) is 36.4 Å². The van der Waals surface area contributed by atoms with E-state index < -0.39 is 0 Å². The maximum absolute atomic E-state index is 11.6. The van der Waals surface area contributed by atoms with Crippen LogP contribution in [-0.2, 0) is 11.2 Å². The topological polar surface area (TPSA) is 40.9 Å². The number of rotatable bonds is 6. The third-order valence-corrected chi connectivity index (χ3v) is 5.14. The number of allylic oxidation sites excluding steroid dienone is 1. The standard InChI is InChI=1S/C18H21NOS/c1-2-14-11-17(21-18(20)12-14)6-4-3-5-15-7-9-16(13-19)10-8-15/h2,7-10,14,17H,1,3-6,11-12H2/t14-,17-/m0/s1. The van der Waals surface area contributed by atoms with Gasteiger partial charge in [-0.05, 0) is 49.3 Å². The first-order valence-corrected chi connectivity index (χ1v) is 8.40. The van der Waals surface area contributed by atoms with E-state index in [4.69, 9.17) is 5.26 Å². The van der Waals surface area contributed by atoms with Crippen molar-refractivity contribution in [3.05, 3.63) is 48.0 Å². The molecule has 0 radical (unpaired) electrons. The number of nitriles is 1. The van der Waals surface area contributed by atoms with E-state index in [1.807, 2.05) is 30.3 Å². The zero-order valence-corrected chi connectivity index (χ0v) is 13.1. The molecule has 0 unspecified atom stereocenters. The van der Waals surface area contributed by atoms with E-state index in [-0.39, 0.29) is 0 Å². The van der Waals surface area contributed by atoms with Crippen molar-refractivity contribution in [1.29, 1.82) is 5.26 Å². The van der Waals surface area contributed by atoms with Gasteiger partial charge in [-0.3, -0.25) is 4.79 Å². The lowest BCUT2D eigenvalue weighted by Crippen LogP contribution is -2.20. The van der Waals surface area contributed by atoms with Crippen LogP contribution in [0.4, 0.5) is 0 Å². The Morgan fingerprint density at radius 2 is 2.10 bits per heavy atom. The van der Waals surface area contributed by atoms with Crippen LogP contribution >= 0.6 is 11.8 Å². The van der Waals surface area contributed by atoms with E-state index in [1.54, 1.807) is 0 Å². The molecular formula is C18H21NOS. The molecule has 3 heteroatoms. The average Bonchev–Trinajstić information content (AvgIpc) is 2.51. The quantitative estimate of drug-likeness (QED) is 0.574. The highest BCUT2D eigenvalue weighted by atomic mass is 32.2. The van der Waals surface area contributed by atoms with E-state index in [0.29, 0.717) is 28.3 Å². The molecule has 110 valence electrons. The van der Waals surface area contributed by atoms with Crippen molar-refractivity contribution >= 4 is 16.9 Å². The van der Waals surface area contributed by atoms with Crippen molar-refractivity contribution in [3.63, 3.8) is 0 Å². The molecule has 1 heterocycles. The summed E-state index contributed by atoms with van der Waals surface area (Å²) in [5.41, 5.74) is 2.00. The molecule has 1 aromatic rings. The number of hydrogen-bond acceptors (Lipinski definition) is 3. The van der Waals surface area contributed by atoms with Gasteiger partial charge < -0.3 is 0 Å². The number of unbranched alkanes of at least 4 members (excludes halogenated alkanes) is 1. The first kappa shape index (κ1) is 15.9. The summed E-state index contributed by atoms with van der Waals surface area (Å²) < 4.78 is 0. The van der Waals surface area contributed by atoms with Gasteiger partial charge in [0, 0.05) is 11.7 Å². The minimum absolute atomic E-state index is 0.322. The SMILES string of the molecule is C=C[C@@H]1CC(=O)S[C@@H](CCCCc2ccc(C#N)cc2)C1. The predicted molar refractivity (Wildman–Crippen MR) is 88.0 cm³/mol. The fourth-order valence-corrected chi connectivity index (χ4v) is 4.03. The van der Waals surface area contributed by atoms with Crippen LogP contribution in [0.3, 0.4) is 0 Å². The summed E-state index contributed by atoms with van der Waals surface area (Å²) in [6.45, 7) is 3.82. The number of carbonyl (C=O) groups excluding carboxylic acids is 1. The van der Waals surface area contributed by atoms with Gasteiger partial charge in [0.15, 0.2) is 5.12 Å². The Hall–Kier alpha value is -1.53. The average molecular weight is 299 g/mol. The molecule has 1 aliphatic rings. The molecule has 0 bridgehead atoms. The number of benzene rings is 1. The summed E-state index contributed by atoms with van der Waals surface area (Å²) in [4.78, 5) is 11.6. The third-order valence-electron chi connectivity index (χ3n) is 3.95. The van der Waals surface area contributed by atoms with Crippen LogP contribution in [0.5, 0.6) is 0 Å². The first-order chi connectivity index (χ1) is 10.2. The summed E-state index contributed by atoms with van der Waals surface area (Å²) in [5, 5.41) is 9.55. The van der Waals surface area contributed by atoms with Crippen molar-refractivity contribution in [1.82, 2.24) is 0 Å². The van der Waals surface area contributed by atoms with Crippen LogP contribution in [0.15, 0.2) is 36.9 Å². The molecular weight excluding hydrogens is 278 g/mol. The maximum Gasteiger partial charge on any atom is 0.189 e. The van der Waals surface area contributed by atoms with Gasteiger partial charge in [-0.15, -0.1) is 6.58 Å². The summed E-state index contributed by atoms with van der Waals surface area (Å²) in [6, 6.07) is 9.95. The summed E-state index contributed by atoms with van der Waals surface area (Å²) in [7, 11) is 0. The molecule has 0 saturated carbocycles. The van der Waals surface area contributed by atoms with Crippen LogP contribution in [0.2, 0.25) is 0 Å². The highest BCUT2D eigenvalue weighted by Gasteiger charge is 2.25. The number of carbonyl (C=O) groups is 1. The highest BCUT2D eigenvalue weighted by Crippen LogP contribution is 2.34. The van der Waals surface area contributed by atoms with Gasteiger partial charge >= 0.3 is 0 Å². The van der Waals surface area contributed by atoms with E-state index in [9.17, 15) is 4.79 Å². The molecule has 0 amide bonds. The van der Waals surface area contributed by atoms with Gasteiger partial charge in [0.2, 0.25) is 0 Å². The highest BCUT2D eigenvalue weighted by molar-refractivity contribution is 8.14. The Morgan fingerprint density at radius 1 is 1.33 bits per heavy atom. The third kappa shape index (κ3) is 5.06. The fraction of sp³-hybridized carbons (Fsp3) is 0.444. The summed E-state index contributed by atoms with van der Waals surface area (Å²) in [6.07, 6.45) is 8.12. The second kappa shape index (κ2) is 8.05. The number of hydrogen-bond donors (Lipinski definition) is 0. The Labute approximate surface area is 131 Å². The number of thioether (sulfide) groups is 1. The second-order valence-corrected chi connectivity index (χ2v) is 6.96. The molecule has 21 heavy (non-hydrogen) atoms. The van der Waals surface area contributed by atoms with Crippen LogP contribution in [0.1, 0.15) is 43.2 Å². The normalized spacial score (nSPS) is 21.8. The zero-order chi connectivity index (χ0) is 15.1. The van der Waals surface area contributed by atoms with Crippen LogP contribution in [0.25, 0.3) is 0 Å². The smallest absolute Gasteiger partial charge is 0.189 e. The number of aryl methyl sites for hydroxylation is 1.